The predicted octanol–water partition coefficient (Wildman–Crippen LogP) is 2.58. The van der Waals surface area contributed by atoms with E-state index in [0.29, 0.717) is 18.0 Å². The molecule has 0 bridgehead atoms. The highest BCUT2D eigenvalue weighted by Gasteiger charge is 2.28. The van der Waals surface area contributed by atoms with Gasteiger partial charge in [-0.15, -0.1) is 12.4 Å². The van der Waals surface area contributed by atoms with E-state index in [-0.39, 0.29) is 12.4 Å². The Kier molecular flexibility index (Phi) is 5.87. The van der Waals surface area contributed by atoms with E-state index in [2.05, 4.69) is 28.4 Å². The van der Waals surface area contributed by atoms with Crippen molar-refractivity contribution >= 4 is 28.1 Å². The molecule has 5 nitrogen and oxygen atoms in total. The Morgan fingerprint density at radius 1 is 0.923 bits per heavy atom. The Morgan fingerprint density at radius 2 is 1.65 bits per heavy atom. The molecule has 0 atom stereocenters. The lowest BCUT2D eigenvalue weighted by Gasteiger charge is -2.34. The molecule has 0 saturated carbocycles. The first-order chi connectivity index (χ1) is 12.1. The van der Waals surface area contributed by atoms with Crippen LogP contribution in [-0.4, -0.2) is 50.3 Å². The Balaban J connectivity index is 0.00000196. The van der Waals surface area contributed by atoms with E-state index in [9.17, 15) is 8.42 Å². The Hall–Kier alpha value is -1.60. The standard InChI is InChI=1S/C19H23N3O2S.ClH/c23-25(24,18-7-2-1-3-8-18)22-13-11-21(12-14-22)15-17-6-4-5-16-9-10-20-19(16)17;/h1-8,20H,9-15H2;1H. The molecule has 0 amide bonds. The van der Waals surface area contributed by atoms with E-state index >= 15 is 0 Å². The van der Waals surface area contributed by atoms with E-state index in [0.717, 1.165) is 32.6 Å². The number of hydrogen-bond donors (Lipinski definition) is 1. The van der Waals surface area contributed by atoms with Gasteiger partial charge in [0.05, 0.1) is 4.90 Å². The summed E-state index contributed by atoms with van der Waals surface area (Å²) in [5.41, 5.74) is 3.99. The summed E-state index contributed by atoms with van der Waals surface area (Å²) in [6, 6.07) is 15.2. The third kappa shape index (κ3) is 3.74. The van der Waals surface area contributed by atoms with Crippen LogP contribution >= 0.6 is 12.4 Å². The minimum Gasteiger partial charge on any atom is -0.384 e. The largest absolute Gasteiger partial charge is 0.384 e. The minimum atomic E-state index is -3.37. The first-order valence-electron chi connectivity index (χ1n) is 8.77. The first-order valence-corrected chi connectivity index (χ1v) is 10.2. The fraction of sp³-hybridized carbons (Fsp3) is 0.368. The molecular weight excluding hydrogens is 370 g/mol. The Morgan fingerprint density at radius 3 is 2.38 bits per heavy atom. The third-order valence-corrected chi connectivity index (χ3v) is 6.95. The molecule has 0 radical (unpaired) electrons. The highest BCUT2D eigenvalue weighted by Crippen LogP contribution is 2.28. The van der Waals surface area contributed by atoms with Crippen LogP contribution in [0, 0.1) is 0 Å². The molecule has 1 N–H and O–H groups in total. The number of halogens is 1. The van der Waals surface area contributed by atoms with Crippen LogP contribution in [0.3, 0.4) is 0 Å². The maximum absolute atomic E-state index is 12.7. The van der Waals surface area contributed by atoms with Crippen LogP contribution in [0.15, 0.2) is 53.4 Å². The molecule has 1 saturated heterocycles. The van der Waals surface area contributed by atoms with Crippen LogP contribution < -0.4 is 5.32 Å². The van der Waals surface area contributed by atoms with Crippen molar-refractivity contribution in [2.24, 2.45) is 0 Å². The SMILES string of the molecule is Cl.O=S(=O)(c1ccccc1)N1CCN(Cc2cccc3c2NCC3)CC1. The second kappa shape index (κ2) is 7.96. The number of para-hydroxylation sites is 1. The van der Waals surface area contributed by atoms with E-state index < -0.39 is 10.0 Å². The number of benzene rings is 2. The Labute approximate surface area is 161 Å². The van der Waals surface area contributed by atoms with Crippen molar-refractivity contribution < 1.29 is 8.42 Å². The van der Waals surface area contributed by atoms with E-state index in [4.69, 9.17) is 0 Å². The molecule has 2 heterocycles. The molecule has 0 unspecified atom stereocenters. The summed E-state index contributed by atoms with van der Waals surface area (Å²) < 4.78 is 27.0. The molecule has 2 aromatic rings. The van der Waals surface area contributed by atoms with Crippen molar-refractivity contribution in [3.8, 4) is 0 Å². The van der Waals surface area contributed by atoms with Gasteiger partial charge in [-0.25, -0.2) is 8.42 Å². The number of sulfonamides is 1. The smallest absolute Gasteiger partial charge is 0.243 e. The molecule has 2 aromatic carbocycles. The minimum absolute atomic E-state index is 0. The zero-order valence-electron chi connectivity index (χ0n) is 14.6. The maximum Gasteiger partial charge on any atom is 0.243 e. The van der Waals surface area contributed by atoms with Gasteiger partial charge in [-0.05, 0) is 29.7 Å². The summed E-state index contributed by atoms with van der Waals surface area (Å²) in [6.45, 7) is 4.48. The molecule has 4 rings (SSSR count). The zero-order chi connectivity index (χ0) is 17.3. The Bertz CT molecular complexity index is 850. The van der Waals surface area contributed by atoms with E-state index in [1.165, 1.54) is 16.8 Å². The van der Waals surface area contributed by atoms with Gasteiger partial charge in [0.1, 0.15) is 0 Å². The van der Waals surface area contributed by atoms with Crippen molar-refractivity contribution in [1.29, 1.82) is 0 Å². The molecule has 7 heteroatoms. The molecule has 1 fully saturated rings. The zero-order valence-corrected chi connectivity index (χ0v) is 16.2. The second-order valence-electron chi connectivity index (χ2n) is 6.62. The number of nitrogens with one attached hydrogen (secondary N) is 1. The van der Waals surface area contributed by atoms with Gasteiger partial charge in [-0.1, -0.05) is 36.4 Å². The summed E-state index contributed by atoms with van der Waals surface area (Å²) in [5, 5.41) is 3.48. The summed E-state index contributed by atoms with van der Waals surface area (Å²) in [7, 11) is -3.37. The topological polar surface area (TPSA) is 52.7 Å². The maximum atomic E-state index is 12.7. The fourth-order valence-electron chi connectivity index (χ4n) is 3.65. The molecule has 0 aliphatic carbocycles. The van der Waals surface area contributed by atoms with Crippen LogP contribution in [0.1, 0.15) is 11.1 Å². The number of anilines is 1. The summed E-state index contributed by atoms with van der Waals surface area (Å²) in [6.07, 6.45) is 1.09. The third-order valence-electron chi connectivity index (χ3n) is 5.04. The monoisotopic (exact) mass is 393 g/mol. The van der Waals surface area contributed by atoms with Crippen LogP contribution in [-0.2, 0) is 23.0 Å². The summed E-state index contributed by atoms with van der Waals surface area (Å²) in [5.74, 6) is 0. The van der Waals surface area contributed by atoms with Crippen molar-refractivity contribution in [1.82, 2.24) is 9.21 Å². The number of nitrogens with zero attached hydrogens (tertiary/aromatic N) is 2. The molecule has 0 spiro atoms. The highest BCUT2D eigenvalue weighted by molar-refractivity contribution is 7.89. The number of piperazine rings is 1. The van der Waals surface area contributed by atoms with Crippen molar-refractivity contribution in [3.05, 3.63) is 59.7 Å². The van der Waals surface area contributed by atoms with Gasteiger partial charge in [0.2, 0.25) is 10.0 Å². The lowest BCUT2D eigenvalue weighted by molar-refractivity contribution is 0.182. The molecule has 0 aromatic heterocycles. The van der Waals surface area contributed by atoms with Gasteiger partial charge >= 0.3 is 0 Å². The lowest BCUT2D eigenvalue weighted by atomic mass is 10.1. The van der Waals surface area contributed by atoms with Gasteiger partial charge in [-0.2, -0.15) is 4.31 Å². The van der Waals surface area contributed by atoms with E-state index in [1.807, 2.05) is 6.07 Å². The predicted molar refractivity (Wildman–Crippen MR) is 106 cm³/mol. The quantitative estimate of drug-likeness (QED) is 0.867. The van der Waals surface area contributed by atoms with Gasteiger partial charge < -0.3 is 5.32 Å². The number of hydrogen-bond acceptors (Lipinski definition) is 4. The van der Waals surface area contributed by atoms with Gasteiger partial charge in [0.25, 0.3) is 0 Å². The van der Waals surface area contributed by atoms with E-state index in [1.54, 1.807) is 28.6 Å². The highest BCUT2D eigenvalue weighted by atomic mass is 35.5. The molecule has 2 aliphatic rings. The van der Waals surface area contributed by atoms with Gasteiger partial charge in [0.15, 0.2) is 0 Å². The van der Waals surface area contributed by atoms with Gasteiger partial charge in [-0.3, -0.25) is 4.90 Å². The number of fused-ring (bicyclic) bond motifs is 1. The average molecular weight is 394 g/mol. The molecule has 2 aliphatic heterocycles. The average Bonchev–Trinajstić information content (AvgIpc) is 3.13. The fourth-order valence-corrected chi connectivity index (χ4v) is 5.10. The molecule has 140 valence electrons. The summed E-state index contributed by atoms with van der Waals surface area (Å²) >= 11 is 0. The van der Waals surface area contributed by atoms with Crippen LogP contribution in [0.4, 0.5) is 5.69 Å². The van der Waals surface area contributed by atoms with Gasteiger partial charge in [0, 0.05) is 45.0 Å². The lowest BCUT2D eigenvalue weighted by Crippen LogP contribution is -2.48. The van der Waals surface area contributed by atoms with Crippen molar-refractivity contribution in [3.63, 3.8) is 0 Å². The summed E-state index contributed by atoms with van der Waals surface area (Å²) in [4.78, 5) is 2.72. The van der Waals surface area contributed by atoms with Crippen molar-refractivity contribution in [2.45, 2.75) is 17.9 Å². The van der Waals surface area contributed by atoms with Crippen LogP contribution in [0.2, 0.25) is 0 Å². The molecular formula is C19H24ClN3O2S. The second-order valence-corrected chi connectivity index (χ2v) is 8.56. The number of rotatable bonds is 4. The van der Waals surface area contributed by atoms with Crippen LogP contribution in [0.25, 0.3) is 0 Å². The normalized spacial score (nSPS) is 18.0. The van der Waals surface area contributed by atoms with Crippen LogP contribution in [0.5, 0.6) is 0 Å². The van der Waals surface area contributed by atoms with Crippen molar-refractivity contribution in [2.75, 3.05) is 38.0 Å². The molecule has 26 heavy (non-hydrogen) atoms. The first kappa shape index (κ1) is 19.2.